The van der Waals surface area contributed by atoms with Crippen molar-refractivity contribution >= 4 is 7.14 Å². The summed E-state index contributed by atoms with van der Waals surface area (Å²) in [5.74, 6) is 0. The van der Waals surface area contributed by atoms with E-state index in [0.717, 1.165) is 24.9 Å². The van der Waals surface area contributed by atoms with Gasteiger partial charge in [0.1, 0.15) is 0 Å². The fraction of sp³-hybridized carbons (Fsp3) is 1.00. The van der Waals surface area contributed by atoms with Crippen LogP contribution in [0.2, 0.25) is 0 Å². The summed E-state index contributed by atoms with van der Waals surface area (Å²) in [7, 11) is -0.190. The Hall–Kier alpha value is 0.150. The normalized spacial score (nSPS) is 11.9. The van der Waals surface area contributed by atoms with Crippen molar-refractivity contribution in [1.82, 2.24) is 0 Å². The molecule has 0 N–H and O–H groups in total. The lowest BCUT2D eigenvalue weighted by atomic mass is 10.5. The summed E-state index contributed by atoms with van der Waals surface area (Å²) >= 11 is 0. The first-order chi connectivity index (χ1) is 6.68. The van der Waals surface area contributed by atoms with Crippen molar-refractivity contribution in [3.63, 3.8) is 0 Å². The van der Waals surface area contributed by atoms with Crippen molar-refractivity contribution in [3.05, 3.63) is 0 Å². The summed E-state index contributed by atoms with van der Waals surface area (Å²) in [6.07, 6.45) is 3.37. The highest BCUT2D eigenvalue weighted by Gasteiger charge is 2.15. The van der Waals surface area contributed by atoms with Crippen LogP contribution in [0, 0.1) is 0 Å². The molecule has 0 aromatic heterocycles. The molecule has 0 heterocycles. The van der Waals surface area contributed by atoms with Crippen molar-refractivity contribution in [1.29, 1.82) is 0 Å². The maximum atomic E-state index is 12.0. The Labute approximate surface area is 87.5 Å². The predicted octanol–water partition coefficient (Wildman–Crippen LogP) is 2.44. The van der Waals surface area contributed by atoms with Crippen LogP contribution in [0.5, 0.6) is 0 Å². The zero-order chi connectivity index (χ0) is 10.9. The summed E-state index contributed by atoms with van der Waals surface area (Å²) in [5, 5.41) is 0. The smallest absolute Gasteiger partial charge is 0.0873 e. The quantitative estimate of drug-likeness (QED) is 0.444. The van der Waals surface area contributed by atoms with E-state index in [0.29, 0.717) is 19.8 Å². The highest BCUT2D eigenvalue weighted by molar-refractivity contribution is 7.63. The van der Waals surface area contributed by atoms with E-state index < -0.39 is 7.14 Å². The van der Waals surface area contributed by atoms with Crippen LogP contribution in [0.1, 0.15) is 20.3 Å². The Kier molecular flexibility index (Phi) is 8.55. The average Bonchev–Trinajstić information content (AvgIpc) is 2.23. The Morgan fingerprint density at radius 2 is 1.71 bits per heavy atom. The van der Waals surface area contributed by atoms with Crippen molar-refractivity contribution in [2.24, 2.45) is 0 Å². The molecule has 0 aliphatic carbocycles. The van der Waals surface area contributed by atoms with E-state index in [-0.39, 0.29) is 0 Å². The van der Waals surface area contributed by atoms with Crippen LogP contribution in [-0.4, -0.2) is 45.4 Å². The minimum Gasteiger partial charge on any atom is -0.382 e. The first-order valence-corrected chi connectivity index (χ1v) is 7.58. The second-order valence-corrected chi connectivity index (χ2v) is 7.20. The minimum atomic E-state index is -1.85. The van der Waals surface area contributed by atoms with Gasteiger partial charge in [0.05, 0.1) is 20.4 Å². The number of hydrogen-bond acceptors (Lipinski definition) is 3. The van der Waals surface area contributed by atoms with E-state index in [9.17, 15) is 4.57 Å². The third kappa shape index (κ3) is 6.58. The first kappa shape index (κ1) is 14.2. The monoisotopic (exact) mass is 222 g/mol. The second-order valence-electron chi connectivity index (χ2n) is 3.37. The van der Waals surface area contributed by atoms with E-state index in [1.165, 1.54) is 0 Å². The van der Waals surface area contributed by atoms with Crippen LogP contribution in [-0.2, 0) is 14.0 Å². The van der Waals surface area contributed by atoms with Gasteiger partial charge in [0.15, 0.2) is 0 Å². The molecule has 0 amide bonds. The molecule has 0 rings (SSSR count). The maximum Gasteiger partial charge on any atom is 0.0873 e. The van der Waals surface area contributed by atoms with Gasteiger partial charge in [-0.05, 0) is 18.7 Å². The Morgan fingerprint density at radius 1 is 1.07 bits per heavy atom. The van der Waals surface area contributed by atoms with Gasteiger partial charge in [-0.15, -0.1) is 0 Å². The van der Waals surface area contributed by atoms with Crippen molar-refractivity contribution < 1.29 is 14.0 Å². The molecule has 4 heteroatoms. The summed E-state index contributed by atoms with van der Waals surface area (Å²) in [4.78, 5) is 0. The summed E-state index contributed by atoms with van der Waals surface area (Å²) < 4.78 is 22.1. The largest absolute Gasteiger partial charge is 0.382 e. The molecule has 0 radical (unpaired) electrons. The number of ether oxygens (including phenoxy) is 2. The molecule has 0 aliphatic heterocycles. The van der Waals surface area contributed by atoms with E-state index in [4.69, 9.17) is 9.47 Å². The van der Waals surface area contributed by atoms with E-state index in [1.54, 1.807) is 7.11 Å². The molecule has 86 valence electrons. The summed E-state index contributed by atoms with van der Waals surface area (Å²) in [6.45, 7) is 6.00. The molecule has 0 spiro atoms. The van der Waals surface area contributed by atoms with Crippen LogP contribution >= 0.6 is 7.14 Å². The third-order valence-electron chi connectivity index (χ3n) is 2.44. The molecule has 0 saturated carbocycles. The van der Waals surface area contributed by atoms with Gasteiger partial charge in [0.25, 0.3) is 0 Å². The van der Waals surface area contributed by atoms with E-state index >= 15 is 0 Å². The zero-order valence-electron chi connectivity index (χ0n) is 9.62. The van der Waals surface area contributed by atoms with Gasteiger partial charge in [-0.2, -0.15) is 0 Å². The molecule has 0 fully saturated rings. The number of methoxy groups -OCH3 is 1. The van der Waals surface area contributed by atoms with Gasteiger partial charge in [0.2, 0.25) is 0 Å². The topological polar surface area (TPSA) is 35.5 Å². The molecule has 0 saturated heterocycles. The van der Waals surface area contributed by atoms with Crippen molar-refractivity contribution in [2.75, 3.05) is 45.4 Å². The Bertz CT molecular complexity index is 163. The Balaban J connectivity index is 3.39. The summed E-state index contributed by atoms with van der Waals surface area (Å²) in [6, 6.07) is 0. The van der Waals surface area contributed by atoms with E-state index in [1.807, 2.05) is 13.8 Å². The van der Waals surface area contributed by atoms with Gasteiger partial charge in [-0.1, -0.05) is 13.8 Å². The standard InChI is InChI=1S/C10H23O3P/c1-4-14(11,5-2)10-6-7-13-9-8-12-3/h4-10H2,1-3H3. The fourth-order valence-electron chi connectivity index (χ4n) is 1.24. The molecule has 0 aromatic carbocycles. The highest BCUT2D eigenvalue weighted by Crippen LogP contribution is 2.44. The van der Waals surface area contributed by atoms with Crippen molar-refractivity contribution in [2.45, 2.75) is 20.3 Å². The third-order valence-corrected chi connectivity index (χ3v) is 5.88. The summed E-state index contributed by atoms with van der Waals surface area (Å²) in [5.41, 5.74) is 0. The fourth-order valence-corrected chi connectivity index (χ4v) is 3.02. The molecule has 0 bridgehead atoms. The van der Waals surface area contributed by atoms with Crippen LogP contribution < -0.4 is 0 Å². The molecular formula is C10H23O3P. The number of hydrogen-bond donors (Lipinski definition) is 0. The van der Waals surface area contributed by atoms with Gasteiger partial charge >= 0.3 is 0 Å². The van der Waals surface area contributed by atoms with Crippen LogP contribution in [0.3, 0.4) is 0 Å². The molecule has 0 aliphatic rings. The van der Waals surface area contributed by atoms with Gasteiger partial charge in [-0.25, -0.2) is 0 Å². The molecular weight excluding hydrogens is 199 g/mol. The lowest BCUT2D eigenvalue weighted by Crippen LogP contribution is -2.05. The molecule has 3 nitrogen and oxygen atoms in total. The van der Waals surface area contributed by atoms with Gasteiger partial charge < -0.3 is 14.0 Å². The van der Waals surface area contributed by atoms with E-state index in [2.05, 4.69) is 0 Å². The zero-order valence-corrected chi connectivity index (χ0v) is 10.5. The molecule has 0 aromatic rings. The second kappa shape index (κ2) is 8.46. The lowest BCUT2D eigenvalue weighted by molar-refractivity contribution is 0.0712. The van der Waals surface area contributed by atoms with Crippen LogP contribution in [0.4, 0.5) is 0 Å². The van der Waals surface area contributed by atoms with Crippen LogP contribution in [0.25, 0.3) is 0 Å². The number of rotatable bonds is 9. The minimum absolute atomic E-state index is 0.638. The first-order valence-electron chi connectivity index (χ1n) is 5.32. The van der Waals surface area contributed by atoms with Crippen molar-refractivity contribution in [3.8, 4) is 0 Å². The molecule has 0 unspecified atom stereocenters. The highest BCUT2D eigenvalue weighted by atomic mass is 31.2. The predicted molar refractivity (Wildman–Crippen MR) is 60.9 cm³/mol. The average molecular weight is 222 g/mol. The molecule has 0 atom stereocenters. The van der Waals surface area contributed by atoms with Crippen LogP contribution in [0.15, 0.2) is 0 Å². The van der Waals surface area contributed by atoms with Gasteiger partial charge in [0, 0.05) is 19.9 Å². The lowest BCUT2D eigenvalue weighted by Gasteiger charge is -2.13. The molecule has 14 heavy (non-hydrogen) atoms. The SMILES string of the molecule is CCP(=O)(CC)CCCOCCOC. The van der Waals surface area contributed by atoms with Gasteiger partial charge in [-0.3, -0.25) is 0 Å². The maximum absolute atomic E-state index is 12.0. The Morgan fingerprint density at radius 3 is 2.21 bits per heavy atom.